The number of aliphatic hydroxyl groups is 1. The molecular formula is C9H16N2O3. The monoisotopic (exact) mass is 200 g/mol. The number of morpholine rings is 1. The molecule has 2 amide bonds. The minimum Gasteiger partial charge on any atom is -0.393 e. The molecule has 2 fully saturated rings. The largest absolute Gasteiger partial charge is 0.393 e. The van der Waals surface area contributed by atoms with Gasteiger partial charge in [0.1, 0.15) is 0 Å². The van der Waals surface area contributed by atoms with Crippen LogP contribution in [-0.2, 0) is 4.74 Å². The molecule has 1 aliphatic heterocycles. The second-order valence-corrected chi connectivity index (χ2v) is 3.87. The molecule has 5 heteroatoms. The van der Waals surface area contributed by atoms with E-state index in [-0.39, 0.29) is 18.2 Å². The first-order chi connectivity index (χ1) is 6.75. The van der Waals surface area contributed by atoms with Gasteiger partial charge in [-0.15, -0.1) is 0 Å². The Balaban J connectivity index is 1.71. The molecule has 1 saturated heterocycles. The van der Waals surface area contributed by atoms with Crippen molar-refractivity contribution >= 4 is 6.03 Å². The van der Waals surface area contributed by atoms with Gasteiger partial charge in [0, 0.05) is 19.1 Å². The predicted octanol–water partition coefficient (Wildman–Crippen LogP) is -0.449. The smallest absolute Gasteiger partial charge is 0.317 e. The van der Waals surface area contributed by atoms with Crippen LogP contribution in [0.4, 0.5) is 4.79 Å². The van der Waals surface area contributed by atoms with Gasteiger partial charge in [0.2, 0.25) is 0 Å². The van der Waals surface area contributed by atoms with E-state index in [9.17, 15) is 4.79 Å². The molecule has 5 nitrogen and oxygen atoms in total. The molecule has 0 spiro atoms. The molecule has 0 aromatic heterocycles. The SMILES string of the molecule is O=C(NC1CC(O)C1)N1CCOCC1. The number of nitrogens with zero attached hydrogens (tertiary/aromatic N) is 1. The summed E-state index contributed by atoms with van der Waals surface area (Å²) in [7, 11) is 0. The molecule has 2 N–H and O–H groups in total. The van der Waals surface area contributed by atoms with Crippen molar-refractivity contribution in [3.63, 3.8) is 0 Å². The molecule has 0 bridgehead atoms. The van der Waals surface area contributed by atoms with Crippen molar-refractivity contribution in [2.45, 2.75) is 25.0 Å². The highest BCUT2D eigenvalue weighted by Gasteiger charge is 2.29. The first-order valence-corrected chi connectivity index (χ1v) is 5.07. The third-order valence-corrected chi connectivity index (χ3v) is 2.74. The van der Waals surface area contributed by atoms with Gasteiger partial charge in [-0.2, -0.15) is 0 Å². The Morgan fingerprint density at radius 2 is 2.00 bits per heavy atom. The Kier molecular flexibility index (Phi) is 2.88. The summed E-state index contributed by atoms with van der Waals surface area (Å²) in [5.74, 6) is 0. The minimum absolute atomic E-state index is 0.0230. The molecule has 0 unspecified atom stereocenters. The summed E-state index contributed by atoms with van der Waals surface area (Å²) in [5.41, 5.74) is 0. The molecule has 1 heterocycles. The number of aliphatic hydroxyl groups excluding tert-OH is 1. The van der Waals surface area contributed by atoms with Crippen LogP contribution < -0.4 is 5.32 Å². The lowest BCUT2D eigenvalue weighted by atomic mass is 9.90. The molecule has 2 rings (SSSR count). The van der Waals surface area contributed by atoms with E-state index < -0.39 is 0 Å². The summed E-state index contributed by atoms with van der Waals surface area (Å²) >= 11 is 0. The van der Waals surface area contributed by atoms with Gasteiger partial charge in [-0.25, -0.2) is 4.79 Å². The van der Waals surface area contributed by atoms with Gasteiger partial charge in [0.15, 0.2) is 0 Å². The van der Waals surface area contributed by atoms with Crippen LogP contribution in [0.15, 0.2) is 0 Å². The van der Waals surface area contributed by atoms with Crippen LogP contribution in [0.1, 0.15) is 12.8 Å². The number of amides is 2. The van der Waals surface area contributed by atoms with E-state index in [0.29, 0.717) is 39.1 Å². The Bertz CT molecular complexity index is 210. The van der Waals surface area contributed by atoms with Crippen LogP contribution in [0, 0.1) is 0 Å². The van der Waals surface area contributed by atoms with E-state index in [1.54, 1.807) is 4.90 Å². The summed E-state index contributed by atoms with van der Waals surface area (Å²) in [6.07, 6.45) is 1.16. The van der Waals surface area contributed by atoms with Crippen LogP contribution in [-0.4, -0.2) is 54.5 Å². The number of rotatable bonds is 1. The number of hydrogen-bond donors (Lipinski definition) is 2. The molecule has 2 aliphatic rings. The maximum Gasteiger partial charge on any atom is 0.317 e. The molecule has 0 radical (unpaired) electrons. The lowest BCUT2D eigenvalue weighted by Gasteiger charge is -2.35. The highest BCUT2D eigenvalue weighted by molar-refractivity contribution is 5.74. The van der Waals surface area contributed by atoms with Crippen molar-refractivity contribution in [2.75, 3.05) is 26.3 Å². The number of carbonyl (C=O) groups excluding carboxylic acids is 1. The highest BCUT2D eigenvalue weighted by atomic mass is 16.5. The quantitative estimate of drug-likeness (QED) is 0.602. The molecule has 0 atom stereocenters. The normalized spacial score (nSPS) is 32.2. The zero-order valence-electron chi connectivity index (χ0n) is 8.11. The van der Waals surface area contributed by atoms with Crippen molar-refractivity contribution in [3.8, 4) is 0 Å². The summed E-state index contributed by atoms with van der Waals surface area (Å²) < 4.78 is 5.15. The van der Waals surface area contributed by atoms with Crippen molar-refractivity contribution in [3.05, 3.63) is 0 Å². The fraction of sp³-hybridized carbons (Fsp3) is 0.889. The van der Waals surface area contributed by atoms with E-state index in [1.807, 2.05) is 0 Å². The molecule has 0 aromatic carbocycles. The average Bonchev–Trinajstić information content (AvgIpc) is 2.17. The third-order valence-electron chi connectivity index (χ3n) is 2.74. The molecule has 80 valence electrons. The number of hydrogen-bond acceptors (Lipinski definition) is 3. The second kappa shape index (κ2) is 4.14. The Morgan fingerprint density at radius 3 is 2.57 bits per heavy atom. The standard InChI is InChI=1S/C9H16N2O3/c12-8-5-7(6-8)10-9(13)11-1-3-14-4-2-11/h7-8,12H,1-6H2,(H,10,13). The van der Waals surface area contributed by atoms with Gasteiger partial charge < -0.3 is 20.1 Å². The molecular weight excluding hydrogens is 184 g/mol. The van der Waals surface area contributed by atoms with E-state index >= 15 is 0 Å². The number of ether oxygens (including phenoxy) is 1. The highest BCUT2D eigenvalue weighted by Crippen LogP contribution is 2.19. The average molecular weight is 200 g/mol. The zero-order valence-corrected chi connectivity index (χ0v) is 8.11. The van der Waals surface area contributed by atoms with Crippen molar-refractivity contribution < 1.29 is 14.6 Å². The summed E-state index contributed by atoms with van der Waals surface area (Å²) in [6, 6.07) is 0.144. The summed E-state index contributed by atoms with van der Waals surface area (Å²) in [6.45, 7) is 2.59. The lowest BCUT2D eigenvalue weighted by Crippen LogP contribution is -2.53. The van der Waals surface area contributed by atoms with Crippen molar-refractivity contribution in [2.24, 2.45) is 0 Å². The van der Waals surface area contributed by atoms with E-state index in [4.69, 9.17) is 9.84 Å². The Morgan fingerprint density at radius 1 is 1.36 bits per heavy atom. The Labute approximate surface area is 83.0 Å². The molecule has 1 saturated carbocycles. The van der Waals surface area contributed by atoms with Gasteiger partial charge in [0.25, 0.3) is 0 Å². The zero-order chi connectivity index (χ0) is 9.97. The number of carbonyl (C=O) groups is 1. The third kappa shape index (κ3) is 2.16. The number of nitrogens with one attached hydrogen (secondary N) is 1. The molecule has 14 heavy (non-hydrogen) atoms. The van der Waals surface area contributed by atoms with Gasteiger partial charge in [-0.1, -0.05) is 0 Å². The van der Waals surface area contributed by atoms with Gasteiger partial charge >= 0.3 is 6.03 Å². The van der Waals surface area contributed by atoms with Crippen LogP contribution in [0.5, 0.6) is 0 Å². The molecule has 0 aromatic rings. The maximum absolute atomic E-state index is 11.6. The van der Waals surface area contributed by atoms with Crippen LogP contribution in [0.3, 0.4) is 0 Å². The fourth-order valence-corrected chi connectivity index (χ4v) is 1.74. The Hall–Kier alpha value is -0.810. The van der Waals surface area contributed by atoms with E-state index in [0.717, 1.165) is 0 Å². The van der Waals surface area contributed by atoms with E-state index in [1.165, 1.54) is 0 Å². The first-order valence-electron chi connectivity index (χ1n) is 5.07. The number of urea groups is 1. The van der Waals surface area contributed by atoms with E-state index in [2.05, 4.69) is 5.32 Å². The second-order valence-electron chi connectivity index (χ2n) is 3.87. The lowest BCUT2D eigenvalue weighted by molar-refractivity contribution is 0.0419. The van der Waals surface area contributed by atoms with Crippen LogP contribution in [0.25, 0.3) is 0 Å². The maximum atomic E-state index is 11.6. The van der Waals surface area contributed by atoms with Gasteiger partial charge in [-0.05, 0) is 12.8 Å². The fourth-order valence-electron chi connectivity index (χ4n) is 1.74. The van der Waals surface area contributed by atoms with Crippen molar-refractivity contribution in [1.82, 2.24) is 10.2 Å². The topological polar surface area (TPSA) is 61.8 Å². The minimum atomic E-state index is -0.218. The first kappa shape index (κ1) is 9.73. The summed E-state index contributed by atoms with van der Waals surface area (Å²) in [4.78, 5) is 13.3. The molecule has 1 aliphatic carbocycles. The predicted molar refractivity (Wildman–Crippen MR) is 50.0 cm³/mol. The van der Waals surface area contributed by atoms with Gasteiger partial charge in [-0.3, -0.25) is 0 Å². The van der Waals surface area contributed by atoms with Crippen molar-refractivity contribution in [1.29, 1.82) is 0 Å². The summed E-state index contributed by atoms with van der Waals surface area (Å²) in [5, 5.41) is 11.9. The van der Waals surface area contributed by atoms with Gasteiger partial charge in [0.05, 0.1) is 19.3 Å². The van der Waals surface area contributed by atoms with Crippen LogP contribution >= 0.6 is 0 Å². The van der Waals surface area contributed by atoms with Crippen LogP contribution in [0.2, 0.25) is 0 Å².